The summed E-state index contributed by atoms with van der Waals surface area (Å²) in [5.41, 5.74) is 4.24. The maximum Gasteiger partial charge on any atom is 0.165 e. The van der Waals surface area contributed by atoms with Crippen molar-refractivity contribution in [3.8, 4) is 11.5 Å². The smallest absolute Gasteiger partial charge is 0.165 e. The summed E-state index contributed by atoms with van der Waals surface area (Å²) in [5, 5.41) is 7.55. The Kier molecular flexibility index (Phi) is 3.96. The third-order valence-electron chi connectivity index (χ3n) is 5.66. The van der Waals surface area contributed by atoms with E-state index in [-0.39, 0.29) is 5.41 Å². The molecule has 2 heterocycles. The Balaban J connectivity index is 1.56. The van der Waals surface area contributed by atoms with Crippen molar-refractivity contribution in [1.82, 2.24) is 15.1 Å². The highest BCUT2D eigenvalue weighted by Gasteiger charge is 2.43. The Bertz CT molecular complexity index is 727. The lowest BCUT2D eigenvalue weighted by Gasteiger charge is -2.40. The van der Waals surface area contributed by atoms with E-state index in [1.54, 1.807) is 14.2 Å². The first-order valence-corrected chi connectivity index (χ1v) is 8.71. The number of rotatable bonds is 4. The molecule has 1 spiro atoms. The monoisotopic (exact) mass is 327 g/mol. The zero-order valence-electron chi connectivity index (χ0n) is 14.5. The molecule has 0 amide bonds. The number of nitrogens with one attached hydrogen (secondary N) is 1. The van der Waals surface area contributed by atoms with E-state index in [2.05, 4.69) is 21.2 Å². The molecular formula is C19H25N3O2. The predicted octanol–water partition coefficient (Wildman–Crippen LogP) is 2.91. The van der Waals surface area contributed by atoms with Crippen LogP contribution in [-0.4, -0.2) is 42.4 Å². The number of aromatic nitrogens is 2. The Morgan fingerprint density at radius 1 is 1.25 bits per heavy atom. The van der Waals surface area contributed by atoms with Gasteiger partial charge in [-0.05, 0) is 43.9 Å². The number of nitrogens with zero attached hydrogens (tertiary/aromatic N) is 2. The normalized spacial score (nSPS) is 23.4. The molecule has 1 atom stereocenters. The molecule has 1 aliphatic carbocycles. The van der Waals surface area contributed by atoms with Gasteiger partial charge in [0.2, 0.25) is 0 Å². The van der Waals surface area contributed by atoms with Gasteiger partial charge in [-0.1, -0.05) is 12.1 Å². The molecule has 24 heavy (non-hydrogen) atoms. The number of para-hydroxylation sites is 1. The number of benzene rings is 1. The Hall–Kier alpha value is -2.01. The minimum Gasteiger partial charge on any atom is -0.493 e. The quantitative estimate of drug-likeness (QED) is 0.938. The molecule has 2 aliphatic rings. The van der Waals surface area contributed by atoms with Crippen molar-refractivity contribution in [2.45, 2.75) is 37.6 Å². The van der Waals surface area contributed by atoms with E-state index in [1.165, 1.54) is 36.1 Å². The van der Waals surface area contributed by atoms with Gasteiger partial charge in [-0.25, -0.2) is 0 Å². The summed E-state index contributed by atoms with van der Waals surface area (Å²) in [6, 6.07) is 6.13. The molecule has 1 fully saturated rings. The van der Waals surface area contributed by atoms with E-state index < -0.39 is 0 Å². The van der Waals surface area contributed by atoms with E-state index in [0.717, 1.165) is 37.6 Å². The van der Waals surface area contributed by atoms with E-state index >= 15 is 0 Å². The van der Waals surface area contributed by atoms with Crippen LogP contribution in [0.2, 0.25) is 0 Å². The predicted molar refractivity (Wildman–Crippen MR) is 92.6 cm³/mol. The van der Waals surface area contributed by atoms with Crippen LogP contribution < -0.4 is 9.47 Å². The number of ether oxygens (including phenoxy) is 2. The number of piperidine rings is 1. The van der Waals surface area contributed by atoms with Crippen LogP contribution in [0.25, 0.3) is 0 Å². The van der Waals surface area contributed by atoms with Crippen molar-refractivity contribution in [3.63, 3.8) is 0 Å². The first kappa shape index (κ1) is 15.5. The highest BCUT2D eigenvalue weighted by atomic mass is 16.5. The lowest BCUT2D eigenvalue weighted by molar-refractivity contribution is 0.135. The van der Waals surface area contributed by atoms with Gasteiger partial charge in [0, 0.05) is 29.8 Å². The van der Waals surface area contributed by atoms with Crippen molar-refractivity contribution >= 4 is 0 Å². The highest BCUT2D eigenvalue weighted by Crippen LogP contribution is 2.44. The first-order valence-electron chi connectivity index (χ1n) is 8.71. The molecule has 1 aliphatic heterocycles. The number of hydrogen-bond donors (Lipinski definition) is 1. The molecule has 0 saturated carbocycles. The fourth-order valence-corrected chi connectivity index (χ4v) is 4.55. The van der Waals surface area contributed by atoms with Gasteiger partial charge in [0.25, 0.3) is 0 Å². The number of methoxy groups -OCH3 is 2. The van der Waals surface area contributed by atoms with Crippen LogP contribution in [0.15, 0.2) is 24.4 Å². The molecule has 4 rings (SSSR count). The van der Waals surface area contributed by atoms with Crippen LogP contribution in [0.3, 0.4) is 0 Å². The van der Waals surface area contributed by atoms with E-state index in [0.29, 0.717) is 0 Å². The second kappa shape index (κ2) is 6.13. The molecule has 128 valence electrons. The molecule has 1 aromatic heterocycles. The SMILES string of the molecule is COc1cccc(CN2CCCC3(CCc4cn[nH]c43)C2)c1OC. The average molecular weight is 327 g/mol. The Morgan fingerprint density at radius 3 is 3.00 bits per heavy atom. The number of H-pyrrole nitrogens is 1. The molecule has 5 heteroatoms. The molecule has 1 saturated heterocycles. The van der Waals surface area contributed by atoms with Gasteiger partial charge < -0.3 is 9.47 Å². The minimum absolute atomic E-state index is 0.260. The second-order valence-electron chi connectivity index (χ2n) is 7.02. The van der Waals surface area contributed by atoms with Gasteiger partial charge >= 0.3 is 0 Å². The van der Waals surface area contributed by atoms with E-state index in [9.17, 15) is 0 Å². The van der Waals surface area contributed by atoms with Crippen molar-refractivity contribution < 1.29 is 9.47 Å². The number of aryl methyl sites for hydroxylation is 1. The summed E-state index contributed by atoms with van der Waals surface area (Å²) in [5.74, 6) is 1.66. The zero-order chi connectivity index (χ0) is 16.6. The molecule has 1 unspecified atom stereocenters. The molecule has 0 bridgehead atoms. The average Bonchev–Trinajstić information content (AvgIpc) is 3.20. The molecular weight excluding hydrogens is 302 g/mol. The Labute approximate surface area is 143 Å². The van der Waals surface area contributed by atoms with Crippen LogP contribution in [0.4, 0.5) is 0 Å². The van der Waals surface area contributed by atoms with Crippen molar-refractivity contribution in [3.05, 3.63) is 41.2 Å². The van der Waals surface area contributed by atoms with Gasteiger partial charge in [0.1, 0.15) is 0 Å². The van der Waals surface area contributed by atoms with Crippen LogP contribution in [0.5, 0.6) is 11.5 Å². The van der Waals surface area contributed by atoms with Crippen molar-refractivity contribution in [2.75, 3.05) is 27.3 Å². The fraction of sp³-hybridized carbons (Fsp3) is 0.526. The van der Waals surface area contributed by atoms with Gasteiger partial charge in [-0.2, -0.15) is 5.10 Å². The number of likely N-dealkylation sites (tertiary alicyclic amines) is 1. The van der Waals surface area contributed by atoms with Crippen LogP contribution in [0.1, 0.15) is 36.1 Å². The first-order chi connectivity index (χ1) is 11.8. The fourth-order valence-electron chi connectivity index (χ4n) is 4.55. The van der Waals surface area contributed by atoms with Crippen LogP contribution >= 0.6 is 0 Å². The van der Waals surface area contributed by atoms with E-state index in [4.69, 9.17) is 9.47 Å². The Morgan fingerprint density at radius 2 is 2.17 bits per heavy atom. The van der Waals surface area contributed by atoms with Crippen LogP contribution in [0, 0.1) is 0 Å². The summed E-state index contributed by atoms with van der Waals surface area (Å²) in [6.45, 7) is 3.11. The second-order valence-corrected chi connectivity index (χ2v) is 7.02. The largest absolute Gasteiger partial charge is 0.493 e. The summed E-state index contributed by atoms with van der Waals surface area (Å²) in [7, 11) is 3.41. The maximum absolute atomic E-state index is 5.60. The van der Waals surface area contributed by atoms with E-state index in [1.807, 2.05) is 18.3 Å². The van der Waals surface area contributed by atoms with Gasteiger partial charge in [0.05, 0.1) is 20.4 Å². The summed E-state index contributed by atoms with van der Waals surface area (Å²) >= 11 is 0. The van der Waals surface area contributed by atoms with Gasteiger partial charge in [-0.3, -0.25) is 10.00 Å². The molecule has 1 aromatic carbocycles. The number of aromatic amines is 1. The highest BCUT2D eigenvalue weighted by molar-refractivity contribution is 5.46. The summed E-state index contributed by atoms with van der Waals surface area (Å²) < 4.78 is 11.0. The van der Waals surface area contributed by atoms with Gasteiger partial charge in [-0.15, -0.1) is 0 Å². The molecule has 2 aromatic rings. The summed E-state index contributed by atoms with van der Waals surface area (Å²) in [6.07, 6.45) is 6.89. The number of hydrogen-bond acceptors (Lipinski definition) is 4. The third kappa shape index (κ3) is 2.47. The minimum atomic E-state index is 0.260. The third-order valence-corrected chi connectivity index (χ3v) is 5.66. The lowest BCUT2D eigenvalue weighted by Crippen LogP contribution is -2.44. The molecule has 0 radical (unpaired) electrons. The van der Waals surface area contributed by atoms with Gasteiger partial charge in [0.15, 0.2) is 11.5 Å². The topological polar surface area (TPSA) is 50.4 Å². The zero-order valence-corrected chi connectivity index (χ0v) is 14.5. The maximum atomic E-state index is 5.60. The lowest BCUT2D eigenvalue weighted by atomic mass is 9.77. The molecule has 1 N–H and O–H groups in total. The standard InChI is InChI=1S/C19H25N3O2/c1-23-16-6-3-5-15(17(16)24-2)12-22-10-4-8-19(13-22)9-7-14-11-20-21-18(14)19/h3,5-6,11H,4,7-10,12-13H2,1-2H3,(H,20,21). The van der Waals surface area contributed by atoms with Crippen LogP contribution in [-0.2, 0) is 18.4 Å². The van der Waals surface area contributed by atoms with Crippen molar-refractivity contribution in [1.29, 1.82) is 0 Å². The molecule has 5 nitrogen and oxygen atoms in total. The summed E-state index contributed by atoms with van der Waals surface area (Å²) in [4.78, 5) is 2.55. The van der Waals surface area contributed by atoms with Crippen molar-refractivity contribution in [2.24, 2.45) is 0 Å². The number of fused-ring (bicyclic) bond motifs is 2.